The normalized spacial score (nSPS) is 14.2. The molecule has 0 aliphatic rings. The number of ether oxygens (including phenoxy) is 1. The molecule has 0 amide bonds. The van der Waals surface area contributed by atoms with E-state index in [4.69, 9.17) is 4.74 Å². The molecule has 0 aliphatic carbocycles. The molecule has 1 aromatic rings. The van der Waals surface area contributed by atoms with Crippen molar-refractivity contribution in [3.8, 4) is 0 Å². The summed E-state index contributed by atoms with van der Waals surface area (Å²) in [4.78, 5) is 10.4. The van der Waals surface area contributed by atoms with E-state index in [-0.39, 0.29) is 22.7 Å². The summed E-state index contributed by atoms with van der Waals surface area (Å²) < 4.78 is 5.48. The van der Waals surface area contributed by atoms with Gasteiger partial charge in [0.05, 0.1) is 11.5 Å². The second-order valence-corrected chi connectivity index (χ2v) is 5.25. The van der Waals surface area contributed by atoms with Gasteiger partial charge in [-0.1, -0.05) is 26.0 Å². The van der Waals surface area contributed by atoms with Crippen LogP contribution in [-0.2, 0) is 4.74 Å². The summed E-state index contributed by atoms with van der Waals surface area (Å²) >= 11 is 0. The number of nitro groups is 1. The van der Waals surface area contributed by atoms with Crippen molar-refractivity contribution in [2.45, 2.75) is 39.8 Å². The molecule has 0 bridgehead atoms. The van der Waals surface area contributed by atoms with E-state index in [1.807, 2.05) is 19.9 Å². The van der Waals surface area contributed by atoms with E-state index >= 15 is 0 Å². The van der Waals surface area contributed by atoms with Crippen LogP contribution in [0.2, 0.25) is 0 Å². The van der Waals surface area contributed by atoms with Crippen molar-refractivity contribution in [1.82, 2.24) is 5.32 Å². The zero-order valence-electron chi connectivity index (χ0n) is 12.6. The Balaban J connectivity index is 2.75. The molecule has 1 N–H and O–H groups in total. The summed E-state index contributed by atoms with van der Waals surface area (Å²) in [6, 6.07) is 7.03. The molecule has 0 spiro atoms. The highest BCUT2D eigenvalue weighted by Gasteiger charge is 2.18. The molecule has 0 aliphatic heterocycles. The van der Waals surface area contributed by atoms with E-state index in [2.05, 4.69) is 19.2 Å². The monoisotopic (exact) mass is 280 g/mol. The third kappa shape index (κ3) is 4.90. The Bertz CT molecular complexity index is 435. The van der Waals surface area contributed by atoms with Gasteiger partial charge in [-0.05, 0) is 25.3 Å². The molecule has 5 nitrogen and oxygen atoms in total. The number of non-ortho nitro benzene ring substituents is 1. The third-order valence-electron chi connectivity index (χ3n) is 3.35. The highest BCUT2D eigenvalue weighted by molar-refractivity contribution is 5.35. The van der Waals surface area contributed by atoms with Crippen LogP contribution < -0.4 is 5.32 Å². The van der Waals surface area contributed by atoms with E-state index < -0.39 is 0 Å². The maximum absolute atomic E-state index is 10.8. The highest BCUT2D eigenvalue weighted by atomic mass is 16.6. The smallest absolute Gasteiger partial charge is 0.269 e. The van der Waals surface area contributed by atoms with Crippen LogP contribution in [-0.4, -0.2) is 24.2 Å². The molecule has 20 heavy (non-hydrogen) atoms. The Morgan fingerprint density at radius 2 is 2.05 bits per heavy atom. The van der Waals surface area contributed by atoms with Gasteiger partial charge in [0.15, 0.2) is 0 Å². The van der Waals surface area contributed by atoms with Gasteiger partial charge in [0.1, 0.15) is 0 Å². The van der Waals surface area contributed by atoms with Crippen LogP contribution in [0.4, 0.5) is 5.69 Å². The first-order valence-electron chi connectivity index (χ1n) is 7.03. The maximum atomic E-state index is 10.8. The van der Waals surface area contributed by atoms with Gasteiger partial charge in [-0.15, -0.1) is 0 Å². The van der Waals surface area contributed by atoms with Crippen molar-refractivity contribution < 1.29 is 9.66 Å². The Morgan fingerprint density at radius 3 is 2.60 bits per heavy atom. The zero-order chi connectivity index (χ0) is 15.1. The van der Waals surface area contributed by atoms with Crippen LogP contribution in [0.3, 0.4) is 0 Å². The summed E-state index contributed by atoms with van der Waals surface area (Å²) in [6.45, 7) is 9.60. The zero-order valence-corrected chi connectivity index (χ0v) is 12.6. The average molecular weight is 280 g/mol. The Hall–Kier alpha value is -1.46. The molecule has 2 atom stereocenters. The lowest BCUT2D eigenvalue weighted by molar-refractivity contribution is -0.384. The molecule has 0 saturated carbocycles. The SMILES string of the molecule is CCOCC(NC(C)c1cccc([N+](=O)[O-])c1)C(C)C. The molecule has 2 unspecified atom stereocenters. The quantitative estimate of drug-likeness (QED) is 0.586. The Labute approximate surface area is 120 Å². The lowest BCUT2D eigenvalue weighted by Gasteiger charge is -2.26. The van der Waals surface area contributed by atoms with E-state index in [1.54, 1.807) is 12.1 Å². The van der Waals surface area contributed by atoms with Gasteiger partial charge in [0.25, 0.3) is 5.69 Å². The molecule has 5 heteroatoms. The predicted molar refractivity (Wildman–Crippen MR) is 79.8 cm³/mol. The van der Waals surface area contributed by atoms with Gasteiger partial charge in [0.2, 0.25) is 0 Å². The van der Waals surface area contributed by atoms with Gasteiger partial charge in [-0.2, -0.15) is 0 Å². The van der Waals surface area contributed by atoms with Gasteiger partial charge in [-0.3, -0.25) is 10.1 Å². The first-order chi connectivity index (χ1) is 9.45. The molecule has 0 radical (unpaired) electrons. The van der Waals surface area contributed by atoms with E-state index in [0.29, 0.717) is 19.1 Å². The van der Waals surface area contributed by atoms with Crippen molar-refractivity contribution in [1.29, 1.82) is 0 Å². The van der Waals surface area contributed by atoms with Crippen LogP contribution in [0.25, 0.3) is 0 Å². The van der Waals surface area contributed by atoms with Gasteiger partial charge < -0.3 is 10.1 Å². The largest absolute Gasteiger partial charge is 0.380 e. The first kappa shape index (κ1) is 16.6. The minimum Gasteiger partial charge on any atom is -0.380 e. The Kier molecular flexibility index (Phi) is 6.61. The van der Waals surface area contributed by atoms with Gasteiger partial charge in [0, 0.05) is 30.8 Å². The van der Waals surface area contributed by atoms with E-state index in [9.17, 15) is 10.1 Å². The molecule has 112 valence electrons. The lowest BCUT2D eigenvalue weighted by atomic mass is 10.0. The van der Waals surface area contributed by atoms with E-state index in [0.717, 1.165) is 5.56 Å². The van der Waals surface area contributed by atoms with Crippen LogP contribution >= 0.6 is 0 Å². The third-order valence-corrected chi connectivity index (χ3v) is 3.35. The van der Waals surface area contributed by atoms with Crippen molar-refractivity contribution in [3.63, 3.8) is 0 Å². The van der Waals surface area contributed by atoms with Crippen LogP contribution in [0.5, 0.6) is 0 Å². The maximum Gasteiger partial charge on any atom is 0.269 e. The number of benzene rings is 1. The molecule has 0 saturated heterocycles. The van der Waals surface area contributed by atoms with Gasteiger partial charge in [-0.25, -0.2) is 0 Å². The van der Waals surface area contributed by atoms with E-state index in [1.165, 1.54) is 6.07 Å². The number of hydrogen-bond donors (Lipinski definition) is 1. The number of rotatable bonds is 8. The molecular formula is C15H24N2O3. The van der Waals surface area contributed by atoms with Crippen LogP contribution in [0.15, 0.2) is 24.3 Å². The van der Waals surface area contributed by atoms with Crippen LogP contribution in [0.1, 0.15) is 39.3 Å². The molecule has 1 aromatic carbocycles. The van der Waals surface area contributed by atoms with Crippen molar-refractivity contribution >= 4 is 5.69 Å². The molecule has 1 rings (SSSR count). The second kappa shape index (κ2) is 7.97. The standard InChI is InChI=1S/C15H24N2O3/c1-5-20-10-15(11(2)3)16-12(4)13-7-6-8-14(9-13)17(18)19/h6-9,11-12,15-16H,5,10H2,1-4H3. The lowest BCUT2D eigenvalue weighted by Crippen LogP contribution is -2.39. The minimum absolute atomic E-state index is 0.0442. The summed E-state index contributed by atoms with van der Waals surface area (Å²) in [5.74, 6) is 0.433. The summed E-state index contributed by atoms with van der Waals surface area (Å²) in [6.07, 6.45) is 0. The van der Waals surface area contributed by atoms with Crippen molar-refractivity contribution in [2.24, 2.45) is 5.92 Å². The second-order valence-electron chi connectivity index (χ2n) is 5.25. The van der Waals surface area contributed by atoms with Crippen molar-refractivity contribution in [3.05, 3.63) is 39.9 Å². The first-order valence-corrected chi connectivity index (χ1v) is 7.03. The van der Waals surface area contributed by atoms with Gasteiger partial charge >= 0.3 is 0 Å². The highest BCUT2D eigenvalue weighted by Crippen LogP contribution is 2.20. The molecule has 0 fully saturated rings. The van der Waals surface area contributed by atoms with Crippen molar-refractivity contribution in [2.75, 3.05) is 13.2 Å². The number of hydrogen-bond acceptors (Lipinski definition) is 4. The van der Waals surface area contributed by atoms with Crippen LogP contribution in [0, 0.1) is 16.0 Å². The fraction of sp³-hybridized carbons (Fsp3) is 0.600. The number of nitrogens with zero attached hydrogens (tertiary/aromatic N) is 1. The number of nitro benzene ring substituents is 1. The number of nitrogens with one attached hydrogen (secondary N) is 1. The summed E-state index contributed by atoms with van der Waals surface area (Å²) in [5.41, 5.74) is 1.04. The molecule has 0 aromatic heterocycles. The molecule has 0 heterocycles. The summed E-state index contributed by atoms with van der Waals surface area (Å²) in [7, 11) is 0. The fourth-order valence-corrected chi connectivity index (χ4v) is 2.00. The topological polar surface area (TPSA) is 64.4 Å². The average Bonchev–Trinajstić information content (AvgIpc) is 2.42. The minimum atomic E-state index is -0.365. The predicted octanol–water partition coefficient (Wildman–Crippen LogP) is 3.31. The Morgan fingerprint density at radius 1 is 1.35 bits per heavy atom. The fourth-order valence-electron chi connectivity index (χ4n) is 2.00. The summed E-state index contributed by atoms with van der Waals surface area (Å²) in [5, 5.41) is 14.3. The molecular weight excluding hydrogens is 256 g/mol.